The van der Waals surface area contributed by atoms with Gasteiger partial charge in [0.1, 0.15) is 5.69 Å². The molecule has 0 spiro atoms. The molecule has 1 saturated heterocycles. The molecule has 12 heteroatoms. The van der Waals surface area contributed by atoms with Gasteiger partial charge in [0.25, 0.3) is 0 Å². The van der Waals surface area contributed by atoms with Crippen molar-refractivity contribution in [3.05, 3.63) is 70.2 Å². The van der Waals surface area contributed by atoms with Crippen LogP contribution in [0.4, 0.5) is 0 Å². The third-order valence-electron chi connectivity index (χ3n) is 7.96. The third kappa shape index (κ3) is 6.43. The number of amidine groups is 1. The summed E-state index contributed by atoms with van der Waals surface area (Å²) in [5.41, 5.74) is 5.32. The summed E-state index contributed by atoms with van der Waals surface area (Å²) in [6.45, 7) is 2.72. The van der Waals surface area contributed by atoms with Crippen LogP contribution >= 0.6 is 23.2 Å². The zero-order valence-corrected chi connectivity index (χ0v) is 26.7. The Balaban J connectivity index is 1.27. The number of aryl methyl sites for hydroxylation is 1. The number of amides is 1. The fourth-order valence-corrected chi connectivity index (χ4v) is 6.30. The highest BCUT2D eigenvalue weighted by Gasteiger charge is 2.23. The van der Waals surface area contributed by atoms with E-state index >= 15 is 0 Å². The molecule has 0 unspecified atom stereocenters. The van der Waals surface area contributed by atoms with Crippen LogP contribution in [0.1, 0.15) is 44.0 Å². The predicted molar refractivity (Wildman–Crippen MR) is 175 cm³/mol. The van der Waals surface area contributed by atoms with Gasteiger partial charge in [0, 0.05) is 40.8 Å². The number of aromatic nitrogens is 4. The smallest absolute Gasteiger partial charge is 0.244 e. The molecular weight excluding hydrogens is 613 g/mol. The van der Waals surface area contributed by atoms with E-state index < -0.39 is 0 Å². The van der Waals surface area contributed by atoms with Crippen LogP contribution in [0, 0.1) is 0 Å². The lowest BCUT2D eigenvalue weighted by atomic mass is 9.98. The van der Waals surface area contributed by atoms with E-state index in [1.54, 1.807) is 26.6 Å². The number of nitrogens with zero attached hydrogens (tertiary/aromatic N) is 5. The Kier molecular flexibility index (Phi) is 9.14. The lowest BCUT2D eigenvalue weighted by Crippen LogP contribution is -2.28. The molecule has 45 heavy (non-hydrogen) atoms. The zero-order valence-electron chi connectivity index (χ0n) is 25.2. The first kappa shape index (κ1) is 30.7. The van der Waals surface area contributed by atoms with Gasteiger partial charge in [-0.15, -0.1) is 0 Å². The summed E-state index contributed by atoms with van der Waals surface area (Å²) in [7, 11) is 3.14. The maximum atomic E-state index is 11.5. The van der Waals surface area contributed by atoms with Crippen LogP contribution in [-0.4, -0.2) is 64.5 Å². The summed E-state index contributed by atoms with van der Waals surface area (Å²) in [6, 6.07) is 11.9. The molecule has 6 rings (SSSR count). The summed E-state index contributed by atoms with van der Waals surface area (Å²) in [5, 5.41) is 7.27. The van der Waals surface area contributed by atoms with Gasteiger partial charge < -0.3 is 20.1 Å². The first-order valence-electron chi connectivity index (χ1n) is 14.9. The molecule has 2 aromatic carbocycles. The van der Waals surface area contributed by atoms with E-state index in [4.69, 9.17) is 42.6 Å². The second-order valence-corrected chi connectivity index (χ2v) is 11.8. The van der Waals surface area contributed by atoms with E-state index in [1.807, 2.05) is 36.4 Å². The van der Waals surface area contributed by atoms with Gasteiger partial charge in [0.15, 0.2) is 11.5 Å². The van der Waals surface area contributed by atoms with Crippen molar-refractivity contribution >= 4 is 34.9 Å². The van der Waals surface area contributed by atoms with E-state index in [2.05, 4.69) is 32.5 Å². The van der Waals surface area contributed by atoms with Gasteiger partial charge >= 0.3 is 0 Å². The Morgan fingerprint density at radius 3 is 2.07 bits per heavy atom. The SMILES string of the molecule is COc1nc(-c2cccc(-c3cccc(-c4cnc(C5=NC[C@H](C)N5)c(OC)n4)c3Cl)c2Cl)cnc1CCC[C@@H]1CCC(=O)N1. The van der Waals surface area contributed by atoms with Crippen LogP contribution in [0.5, 0.6) is 11.8 Å². The van der Waals surface area contributed by atoms with Gasteiger partial charge in [-0.25, -0.2) is 15.0 Å². The minimum Gasteiger partial charge on any atom is -0.480 e. The summed E-state index contributed by atoms with van der Waals surface area (Å²) in [6.07, 6.45) is 7.31. The Morgan fingerprint density at radius 1 is 0.867 bits per heavy atom. The molecule has 10 nitrogen and oxygen atoms in total. The highest BCUT2D eigenvalue weighted by atomic mass is 35.5. The Morgan fingerprint density at radius 2 is 1.49 bits per heavy atom. The molecule has 232 valence electrons. The van der Waals surface area contributed by atoms with Crippen LogP contribution in [0.3, 0.4) is 0 Å². The number of nitrogens with one attached hydrogen (secondary N) is 2. The molecule has 1 fully saturated rings. The number of rotatable bonds is 10. The van der Waals surface area contributed by atoms with Gasteiger partial charge in [-0.3, -0.25) is 14.8 Å². The lowest BCUT2D eigenvalue weighted by molar-refractivity contribution is -0.119. The molecule has 2 N–H and O–H groups in total. The largest absolute Gasteiger partial charge is 0.480 e. The van der Waals surface area contributed by atoms with Gasteiger partial charge in [0.05, 0.1) is 54.6 Å². The molecule has 0 saturated carbocycles. The fourth-order valence-electron chi connectivity index (χ4n) is 5.65. The molecule has 2 atom stereocenters. The second-order valence-electron chi connectivity index (χ2n) is 11.1. The summed E-state index contributed by atoms with van der Waals surface area (Å²) >= 11 is 14.1. The number of carbonyl (C=O) groups is 1. The minimum absolute atomic E-state index is 0.124. The molecule has 0 radical (unpaired) electrons. The number of aliphatic imine (C=N–C) groups is 1. The van der Waals surface area contributed by atoms with Crippen molar-refractivity contribution in [1.82, 2.24) is 30.6 Å². The maximum absolute atomic E-state index is 11.5. The monoisotopic (exact) mass is 645 g/mol. The average Bonchev–Trinajstić information content (AvgIpc) is 3.68. The summed E-state index contributed by atoms with van der Waals surface area (Å²) in [4.78, 5) is 34.8. The van der Waals surface area contributed by atoms with Crippen molar-refractivity contribution in [2.45, 2.75) is 51.1 Å². The van der Waals surface area contributed by atoms with Crippen LogP contribution in [-0.2, 0) is 11.2 Å². The van der Waals surface area contributed by atoms with E-state index in [-0.39, 0.29) is 18.0 Å². The van der Waals surface area contributed by atoms with E-state index in [0.717, 1.165) is 36.1 Å². The van der Waals surface area contributed by atoms with E-state index in [0.29, 0.717) is 75.2 Å². The van der Waals surface area contributed by atoms with Crippen LogP contribution in [0.2, 0.25) is 10.0 Å². The van der Waals surface area contributed by atoms with E-state index in [1.165, 1.54) is 0 Å². The lowest BCUT2D eigenvalue weighted by Gasteiger charge is -2.15. The highest BCUT2D eigenvalue weighted by molar-refractivity contribution is 6.39. The first-order valence-corrected chi connectivity index (χ1v) is 15.6. The van der Waals surface area contributed by atoms with Crippen molar-refractivity contribution in [3.63, 3.8) is 0 Å². The second kappa shape index (κ2) is 13.4. The van der Waals surface area contributed by atoms with Crippen molar-refractivity contribution in [2.24, 2.45) is 4.99 Å². The van der Waals surface area contributed by atoms with Crippen molar-refractivity contribution in [3.8, 4) is 45.4 Å². The molecule has 4 heterocycles. The highest BCUT2D eigenvalue weighted by Crippen LogP contribution is 2.42. The number of halogens is 2. The standard InChI is InChI=1S/C33H33Cl2N7O3/c1-18-15-38-31(39-18)30-33(45-3)42-26(17-37-30)23-11-6-9-21(29(23)35)20-8-5-10-22(28(20)34)25-16-36-24(32(41-25)44-2)12-4-7-19-13-14-27(43)40-19/h5-6,8-11,16-19H,4,7,12-15H2,1-3H3,(H,38,39)(H,40,43)/t18-,19+/m0/s1. The Labute approximate surface area is 271 Å². The molecular formula is C33H33Cl2N7O3. The van der Waals surface area contributed by atoms with Gasteiger partial charge in [-0.05, 0) is 32.6 Å². The molecule has 1 amide bonds. The number of hydrogen-bond donors (Lipinski definition) is 2. The molecule has 0 aliphatic carbocycles. The fraction of sp³-hybridized carbons (Fsp3) is 0.333. The quantitative estimate of drug-likeness (QED) is 0.217. The predicted octanol–water partition coefficient (Wildman–Crippen LogP) is 5.93. The number of benzene rings is 2. The molecule has 2 aromatic heterocycles. The Bertz CT molecular complexity index is 1780. The minimum atomic E-state index is 0.124. The normalized spacial score (nSPS) is 17.5. The molecule has 4 aromatic rings. The number of ether oxygens (including phenoxy) is 2. The maximum Gasteiger partial charge on any atom is 0.244 e. The topological polar surface area (TPSA) is 124 Å². The Hall–Kier alpha value is -4.28. The molecule has 2 aliphatic heterocycles. The summed E-state index contributed by atoms with van der Waals surface area (Å²) < 4.78 is 11.2. The first-order chi connectivity index (χ1) is 21.9. The molecule has 0 bridgehead atoms. The van der Waals surface area contributed by atoms with Crippen LogP contribution < -0.4 is 20.1 Å². The van der Waals surface area contributed by atoms with Crippen molar-refractivity contribution in [1.29, 1.82) is 0 Å². The van der Waals surface area contributed by atoms with Gasteiger partial charge in [-0.2, -0.15) is 0 Å². The van der Waals surface area contributed by atoms with Gasteiger partial charge in [0.2, 0.25) is 17.7 Å². The number of hydrogen-bond acceptors (Lipinski definition) is 9. The third-order valence-corrected chi connectivity index (χ3v) is 8.77. The van der Waals surface area contributed by atoms with Gasteiger partial charge in [-0.1, -0.05) is 59.6 Å². The number of carbonyl (C=O) groups excluding carboxylic acids is 1. The van der Waals surface area contributed by atoms with Crippen LogP contribution in [0.15, 0.2) is 53.8 Å². The summed E-state index contributed by atoms with van der Waals surface area (Å²) in [5.74, 6) is 1.59. The molecule has 2 aliphatic rings. The van der Waals surface area contributed by atoms with E-state index in [9.17, 15) is 4.79 Å². The zero-order chi connectivity index (χ0) is 31.5. The van der Waals surface area contributed by atoms with Crippen LogP contribution in [0.25, 0.3) is 33.6 Å². The average molecular weight is 647 g/mol. The number of methoxy groups -OCH3 is 2. The van der Waals surface area contributed by atoms with Crippen molar-refractivity contribution < 1.29 is 14.3 Å². The van der Waals surface area contributed by atoms with Crippen molar-refractivity contribution in [2.75, 3.05) is 20.8 Å².